The molecule has 1 aromatic heterocycles. The number of ketones is 1. The Hall–Kier alpha value is -3.20. The molecule has 0 bridgehead atoms. The Morgan fingerprint density at radius 1 is 1.09 bits per heavy atom. The smallest absolute Gasteiger partial charge is 0.381 e. The first-order valence-corrected chi connectivity index (χ1v) is 10.8. The summed E-state index contributed by atoms with van der Waals surface area (Å²) in [7, 11) is 0. The number of nitrogens with zero attached hydrogens (tertiary/aromatic N) is 3. The van der Waals surface area contributed by atoms with E-state index in [1.165, 1.54) is 11.5 Å². The largest absolute Gasteiger partial charge is 0.416 e. The molecular weight excluding hydrogens is 435 g/mol. The SMILES string of the molecule is CC(=O)c1cc(C(F)(F)F)cc2c(=O)n(C3CCOCC3)c(N3Cc4ccccc4C3)nc12. The average molecular weight is 457 g/mol. The normalized spacial score (nSPS) is 16.9. The van der Waals surface area contributed by atoms with Gasteiger partial charge in [-0.15, -0.1) is 0 Å². The molecule has 0 amide bonds. The standard InChI is InChI=1S/C24H22F3N3O3/c1-14(31)19-10-17(24(25,26)27)11-20-21(19)28-23(29-12-15-4-2-3-5-16(15)13-29)30(22(20)32)18-6-8-33-9-7-18/h2-5,10-11,18H,6-9,12-13H2,1H3. The van der Waals surface area contributed by atoms with E-state index >= 15 is 0 Å². The molecule has 0 aliphatic carbocycles. The van der Waals surface area contributed by atoms with Crippen molar-refractivity contribution in [3.05, 3.63) is 69.0 Å². The lowest BCUT2D eigenvalue weighted by Gasteiger charge is -2.30. The number of ether oxygens (including phenoxy) is 1. The van der Waals surface area contributed by atoms with Crippen molar-refractivity contribution in [2.75, 3.05) is 18.1 Å². The number of benzene rings is 2. The quantitative estimate of drug-likeness (QED) is 0.543. The second-order valence-electron chi connectivity index (χ2n) is 8.53. The molecule has 0 unspecified atom stereocenters. The number of aromatic nitrogens is 2. The summed E-state index contributed by atoms with van der Waals surface area (Å²) >= 11 is 0. The molecule has 33 heavy (non-hydrogen) atoms. The molecular formula is C24H22F3N3O3. The first-order chi connectivity index (χ1) is 15.7. The summed E-state index contributed by atoms with van der Waals surface area (Å²) in [5.74, 6) is -0.199. The van der Waals surface area contributed by atoms with Crippen LogP contribution in [0.3, 0.4) is 0 Å². The van der Waals surface area contributed by atoms with Crippen LogP contribution >= 0.6 is 0 Å². The Labute approximate surface area is 187 Å². The Bertz CT molecular complexity index is 1290. The molecule has 1 saturated heterocycles. The third-order valence-electron chi connectivity index (χ3n) is 6.37. The minimum absolute atomic E-state index is 0.00904. The lowest BCUT2D eigenvalue weighted by molar-refractivity contribution is -0.137. The van der Waals surface area contributed by atoms with Gasteiger partial charge in [-0.25, -0.2) is 4.98 Å². The van der Waals surface area contributed by atoms with Gasteiger partial charge in [0.15, 0.2) is 5.78 Å². The van der Waals surface area contributed by atoms with Crippen molar-refractivity contribution in [1.29, 1.82) is 0 Å². The van der Waals surface area contributed by atoms with Crippen molar-refractivity contribution in [2.45, 2.75) is 45.1 Å². The predicted octanol–water partition coefficient (Wildman–Crippen LogP) is 4.49. The number of fused-ring (bicyclic) bond motifs is 2. The van der Waals surface area contributed by atoms with Crippen molar-refractivity contribution in [3.63, 3.8) is 0 Å². The van der Waals surface area contributed by atoms with Gasteiger partial charge >= 0.3 is 6.18 Å². The van der Waals surface area contributed by atoms with E-state index in [0.717, 1.165) is 23.3 Å². The van der Waals surface area contributed by atoms with Gasteiger partial charge < -0.3 is 9.64 Å². The highest BCUT2D eigenvalue weighted by Crippen LogP contribution is 2.35. The summed E-state index contributed by atoms with van der Waals surface area (Å²) in [6.07, 6.45) is -3.58. The fraction of sp³-hybridized carbons (Fsp3) is 0.375. The second kappa shape index (κ2) is 7.98. The van der Waals surface area contributed by atoms with Gasteiger partial charge in [0, 0.05) is 37.9 Å². The topological polar surface area (TPSA) is 64.4 Å². The summed E-state index contributed by atoms with van der Waals surface area (Å²) < 4.78 is 47.6. The summed E-state index contributed by atoms with van der Waals surface area (Å²) in [4.78, 5) is 32.6. The molecule has 3 aromatic rings. The molecule has 0 saturated carbocycles. The van der Waals surface area contributed by atoms with Crippen LogP contribution in [-0.4, -0.2) is 28.5 Å². The van der Waals surface area contributed by atoms with Crippen LogP contribution < -0.4 is 10.5 Å². The molecule has 0 spiro atoms. The van der Waals surface area contributed by atoms with Gasteiger partial charge in [0.25, 0.3) is 5.56 Å². The Morgan fingerprint density at radius 2 is 1.73 bits per heavy atom. The van der Waals surface area contributed by atoms with Crippen LogP contribution in [0.2, 0.25) is 0 Å². The van der Waals surface area contributed by atoms with E-state index in [9.17, 15) is 22.8 Å². The third kappa shape index (κ3) is 3.80. The minimum atomic E-state index is -4.69. The number of hydrogen-bond donors (Lipinski definition) is 0. The highest BCUT2D eigenvalue weighted by atomic mass is 19.4. The summed E-state index contributed by atoms with van der Waals surface area (Å²) in [5, 5.41) is -0.193. The first kappa shape index (κ1) is 21.6. The Kier molecular flexibility index (Phi) is 5.23. The van der Waals surface area contributed by atoms with E-state index in [4.69, 9.17) is 4.74 Å². The van der Waals surface area contributed by atoms with Crippen LogP contribution in [0.4, 0.5) is 19.1 Å². The molecule has 0 atom stereocenters. The van der Waals surface area contributed by atoms with Gasteiger partial charge in [-0.1, -0.05) is 24.3 Å². The van der Waals surface area contributed by atoms with Crippen LogP contribution in [-0.2, 0) is 24.0 Å². The molecule has 2 aliphatic heterocycles. The van der Waals surface area contributed by atoms with Crippen molar-refractivity contribution in [3.8, 4) is 0 Å². The molecule has 172 valence electrons. The number of carbonyl (C=O) groups excluding carboxylic acids is 1. The molecule has 1 fully saturated rings. The fourth-order valence-corrected chi connectivity index (χ4v) is 4.69. The van der Waals surface area contributed by atoms with E-state index in [1.54, 1.807) is 0 Å². The number of alkyl halides is 3. The zero-order chi connectivity index (χ0) is 23.3. The number of halogens is 3. The van der Waals surface area contributed by atoms with Crippen LogP contribution in [0.1, 0.15) is 52.9 Å². The highest BCUT2D eigenvalue weighted by Gasteiger charge is 2.34. The zero-order valence-electron chi connectivity index (χ0n) is 18.0. The third-order valence-corrected chi connectivity index (χ3v) is 6.37. The van der Waals surface area contributed by atoms with Crippen molar-refractivity contribution >= 4 is 22.6 Å². The lowest BCUT2D eigenvalue weighted by Crippen LogP contribution is -2.35. The second-order valence-corrected chi connectivity index (χ2v) is 8.53. The highest BCUT2D eigenvalue weighted by molar-refractivity contribution is 6.06. The molecule has 0 N–H and O–H groups in total. The number of rotatable bonds is 3. The van der Waals surface area contributed by atoms with E-state index in [-0.39, 0.29) is 22.5 Å². The van der Waals surface area contributed by atoms with E-state index < -0.39 is 23.1 Å². The Balaban J connectivity index is 1.77. The van der Waals surface area contributed by atoms with Gasteiger partial charge in [0.1, 0.15) is 0 Å². The van der Waals surface area contributed by atoms with Crippen molar-refractivity contribution in [1.82, 2.24) is 9.55 Å². The van der Waals surface area contributed by atoms with Gasteiger partial charge in [-0.2, -0.15) is 13.2 Å². The summed E-state index contributed by atoms with van der Waals surface area (Å²) in [6.45, 7) is 3.14. The van der Waals surface area contributed by atoms with E-state index in [1.807, 2.05) is 29.2 Å². The minimum Gasteiger partial charge on any atom is -0.381 e. The lowest BCUT2D eigenvalue weighted by atomic mass is 10.0. The maximum Gasteiger partial charge on any atom is 0.416 e. The predicted molar refractivity (Wildman–Crippen MR) is 116 cm³/mol. The van der Waals surface area contributed by atoms with Crippen LogP contribution in [0.25, 0.3) is 10.9 Å². The van der Waals surface area contributed by atoms with Crippen molar-refractivity contribution in [2.24, 2.45) is 0 Å². The van der Waals surface area contributed by atoms with Gasteiger partial charge in [0.2, 0.25) is 5.95 Å². The Morgan fingerprint density at radius 3 is 2.30 bits per heavy atom. The van der Waals surface area contributed by atoms with Gasteiger partial charge in [0.05, 0.1) is 16.5 Å². The molecule has 0 radical (unpaired) electrons. The maximum absolute atomic E-state index is 13.7. The van der Waals surface area contributed by atoms with Crippen molar-refractivity contribution < 1.29 is 22.7 Å². The summed E-state index contributed by atoms with van der Waals surface area (Å²) in [5.41, 5.74) is 0.420. The van der Waals surface area contributed by atoms with Gasteiger partial charge in [-0.3, -0.25) is 14.2 Å². The van der Waals surface area contributed by atoms with E-state index in [2.05, 4.69) is 4.98 Å². The molecule has 9 heteroatoms. The number of Topliss-reactive ketones (excluding diaryl/α,β-unsaturated/α-hetero) is 1. The fourth-order valence-electron chi connectivity index (χ4n) is 4.69. The summed E-state index contributed by atoms with van der Waals surface area (Å²) in [6, 6.07) is 9.24. The number of hydrogen-bond acceptors (Lipinski definition) is 5. The number of anilines is 1. The number of carbonyl (C=O) groups is 1. The molecule has 6 nitrogen and oxygen atoms in total. The first-order valence-electron chi connectivity index (χ1n) is 10.8. The molecule has 2 aliphatic rings. The maximum atomic E-state index is 13.7. The molecule has 5 rings (SSSR count). The monoisotopic (exact) mass is 457 g/mol. The molecule has 2 aromatic carbocycles. The zero-order valence-corrected chi connectivity index (χ0v) is 18.0. The van der Waals surface area contributed by atoms with Crippen LogP contribution in [0, 0.1) is 0 Å². The van der Waals surface area contributed by atoms with Crippen LogP contribution in [0.5, 0.6) is 0 Å². The van der Waals surface area contributed by atoms with E-state index in [0.29, 0.717) is 45.1 Å². The molecule has 3 heterocycles. The average Bonchev–Trinajstić information content (AvgIpc) is 3.22. The van der Waals surface area contributed by atoms with Crippen LogP contribution in [0.15, 0.2) is 41.2 Å². The van der Waals surface area contributed by atoms with Gasteiger partial charge in [-0.05, 0) is 43.0 Å².